The summed E-state index contributed by atoms with van der Waals surface area (Å²) in [6.07, 6.45) is 7.42. The Morgan fingerprint density at radius 3 is 2.32 bits per heavy atom. The van der Waals surface area contributed by atoms with Crippen molar-refractivity contribution >= 4 is 34.5 Å². The summed E-state index contributed by atoms with van der Waals surface area (Å²) >= 11 is 2.27. The molecule has 0 saturated heterocycles. The number of carbonyl (C=O) groups is 2. The summed E-state index contributed by atoms with van der Waals surface area (Å²) in [5.74, 6) is -0.772. The minimum Gasteiger partial charge on any atom is -0.469 e. The quantitative estimate of drug-likeness (QED) is 0.367. The Morgan fingerprint density at radius 2 is 1.79 bits per heavy atom. The summed E-state index contributed by atoms with van der Waals surface area (Å²) in [5, 5.41) is 0. The maximum absolute atomic E-state index is 11.6. The van der Waals surface area contributed by atoms with Gasteiger partial charge in [-0.15, -0.1) is 0 Å². The van der Waals surface area contributed by atoms with Gasteiger partial charge in [-0.25, -0.2) is 4.79 Å². The number of hydrogen-bond donors (Lipinski definition) is 0. The molecule has 0 aliphatic rings. The van der Waals surface area contributed by atoms with E-state index in [-0.39, 0.29) is 12.4 Å². The molecule has 0 N–H and O–H groups in total. The van der Waals surface area contributed by atoms with Gasteiger partial charge in [-0.05, 0) is 45.4 Å². The molecule has 0 fully saturated rings. The van der Waals surface area contributed by atoms with Gasteiger partial charge < -0.3 is 9.47 Å². The Balaban J connectivity index is 4.60. The standard InChI is InChI=1S/C14H21IO4/c1-4-5-6-12(15)9-7-11(14(17)19-3)8-10-13(16)18-2/h8-9H,4-7,10H2,1-3H3/b11-8-,12-9-. The highest BCUT2D eigenvalue weighted by Gasteiger charge is 2.09. The zero-order valence-corrected chi connectivity index (χ0v) is 13.9. The molecule has 0 unspecified atom stereocenters. The summed E-state index contributed by atoms with van der Waals surface area (Å²) < 4.78 is 10.5. The van der Waals surface area contributed by atoms with Gasteiger partial charge in [0.25, 0.3) is 0 Å². The molecular formula is C14H21IO4. The molecule has 0 aliphatic carbocycles. The summed E-state index contributed by atoms with van der Waals surface area (Å²) in [7, 11) is 2.65. The van der Waals surface area contributed by atoms with Crippen LogP contribution in [0.5, 0.6) is 0 Å². The normalized spacial score (nSPS) is 12.2. The van der Waals surface area contributed by atoms with E-state index in [0.29, 0.717) is 12.0 Å². The van der Waals surface area contributed by atoms with Crippen LogP contribution in [-0.2, 0) is 19.1 Å². The molecule has 0 aliphatic heterocycles. The SMILES string of the molecule is CCCC/C(I)=C/C/C(=C/CC(=O)OC)C(=O)OC. The van der Waals surface area contributed by atoms with E-state index in [4.69, 9.17) is 4.74 Å². The third kappa shape index (κ3) is 8.80. The number of ether oxygens (including phenoxy) is 2. The van der Waals surface area contributed by atoms with E-state index in [9.17, 15) is 9.59 Å². The fourth-order valence-corrected chi connectivity index (χ4v) is 1.94. The molecule has 0 spiro atoms. The van der Waals surface area contributed by atoms with E-state index in [1.165, 1.54) is 17.8 Å². The van der Waals surface area contributed by atoms with Gasteiger partial charge in [0, 0.05) is 5.57 Å². The second kappa shape index (κ2) is 11.0. The zero-order valence-electron chi connectivity index (χ0n) is 11.7. The third-order valence-corrected chi connectivity index (χ3v) is 3.48. The molecule has 19 heavy (non-hydrogen) atoms. The van der Waals surface area contributed by atoms with Crippen molar-refractivity contribution in [3.05, 3.63) is 21.3 Å². The summed E-state index contributed by atoms with van der Waals surface area (Å²) in [6, 6.07) is 0. The molecular weight excluding hydrogens is 359 g/mol. The first-order valence-electron chi connectivity index (χ1n) is 6.23. The van der Waals surface area contributed by atoms with Gasteiger partial charge in [0.1, 0.15) is 0 Å². The molecule has 0 bridgehead atoms. The van der Waals surface area contributed by atoms with E-state index in [0.717, 1.165) is 19.3 Å². The molecule has 0 aromatic carbocycles. The van der Waals surface area contributed by atoms with Crippen LogP contribution in [0.4, 0.5) is 0 Å². The number of halogens is 1. The largest absolute Gasteiger partial charge is 0.469 e. The summed E-state index contributed by atoms with van der Waals surface area (Å²) in [5.41, 5.74) is 0.485. The van der Waals surface area contributed by atoms with Crippen LogP contribution in [0, 0.1) is 0 Å². The maximum Gasteiger partial charge on any atom is 0.333 e. The van der Waals surface area contributed by atoms with Gasteiger partial charge >= 0.3 is 11.9 Å². The predicted molar refractivity (Wildman–Crippen MR) is 83.0 cm³/mol. The molecule has 0 aromatic rings. The summed E-state index contributed by atoms with van der Waals surface area (Å²) in [6.45, 7) is 2.14. The first-order chi connectivity index (χ1) is 9.04. The molecule has 0 saturated carbocycles. The molecule has 5 heteroatoms. The number of hydrogen-bond acceptors (Lipinski definition) is 4. The van der Waals surface area contributed by atoms with Crippen molar-refractivity contribution in [2.75, 3.05) is 14.2 Å². The van der Waals surface area contributed by atoms with Crippen LogP contribution in [0.2, 0.25) is 0 Å². The average molecular weight is 380 g/mol. The Labute approximate surface area is 128 Å². The van der Waals surface area contributed by atoms with Crippen molar-refractivity contribution < 1.29 is 19.1 Å². The lowest BCUT2D eigenvalue weighted by Crippen LogP contribution is -2.06. The van der Waals surface area contributed by atoms with Crippen LogP contribution in [-0.4, -0.2) is 26.2 Å². The molecule has 0 aromatic heterocycles. The van der Waals surface area contributed by atoms with Crippen molar-refractivity contribution in [2.45, 2.75) is 39.0 Å². The Morgan fingerprint density at radius 1 is 1.11 bits per heavy atom. The topological polar surface area (TPSA) is 52.6 Å². The fourth-order valence-electron chi connectivity index (χ4n) is 1.34. The number of allylic oxidation sites excluding steroid dienone is 2. The fraction of sp³-hybridized carbons (Fsp3) is 0.571. The van der Waals surface area contributed by atoms with Gasteiger partial charge in [-0.1, -0.05) is 25.5 Å². The van der Waals surface area contributed by atoms with E-state index >= 15 is 0 Å². The number of unbranched alkanes of at least 4 members (excludes halogenated alkanes) is 1. The second-order valence-electron chi connectivity index (χ2n) is 3.96. The van der Waals surface area contributed by atoms with Crippen LogP contribution in [0.15, 0.2) is 21.3 Å². The highest BCUT2D eigenvalue weighted by atomic mass is 127. The third-order valence-electron chi connectivity index (χ3n) is 2.50. The minimum absolute atomic E-state index is 0.0836. The Bertz CT molecular complexity index is 358. The molecule has 0 amide bonds. The van der Waals surface area contributed by atoms with Crippen LogP contribution in [0.1, 0.15) is 39.0 Å². The Kier molecular flexibility index (Phi) is 10.5. The van der Waals surface area contributed by atoms with Crippen LogP contribution < -0.4 is 0 Å². The molecule has 0 heterocycles. The zero-order chi connectivity index (χ0) is 14.7. The smallest absolute Gasteiger partial charge is 0.333 e. The van der Waals surface area contributed by atoms with Crippen molar-refractivity contribution in [3.63, 3.8) is 0 Å². The first-order valence-corrected chi connectivity index (χ1v) is 7.31. The first kappa shape index (κ1) is 18.1. The van der Waals surface area contributed by atoms with Gasteiger partial charge in [-0.3, -0.25) is 4.79 Å². The lowest BCUT2D eigenvalue weighted by molar-refractivity contribution is -0.139. The molecule has 0 atom stereocenters. The molecule has 0 radical (unpaired) electrons. The van der Waals surface area contributed by atoms with Crippen molar-refractivity contribution in [1.82, 2.24) is 0 Å². The molecule has 4 nitrogen and oxygen atoms in total. The van der Waals surface area contributed by atoms with Crippen molar-refractivity contribution in [3.8, 4) is 0 Å². The Hall–Kier alpha value is -0.850. The van der Waals surface area contributed by atoms with Crippen LogP contribution in [0.3, 0.4) is 0 Å². The highest BCUT2D eigenvalue weighted by molar-refractivity contribution is 14.1. The van der Waals surface area contributed by atoms with Gasteiger partial charge in [0.15, 0.2) is 0 Å². The van der Waals surface area contributed by atoms with E-state index < -0.39 is 5.97 Å². The summed E-state index contributed by atoms with van der Waals surface area (Å²) in [4.78, 5) is 22.6. The van der Waals surface area contributed by atoms with Crippen LogP contribution in [0.25, 0.3) is 0 Å². The van der Waals surface area contributed by atoms with Gasteiger partial charge in [-0.2, -0.15) is 0 Å². The van der Waals surface area contributed by atoms with Crippen molar-refractivity contribution in [1.29, 1.82) is 0 Å². The lowest BCUT2D eigenvalue weighted by atomic mass is 10.1. The van der Waals surface area contributed by atoms with E-state index in [1.54, 1.807) is 6.08 Å². The number of rotatable bonds is 8. The average Bonchev–Trinajstić information content (AvgIpc) is 2.43. The van der Waals surface area contributed by atoms with E-state index in [2.05, 4.69) is 34.3 Å². The van der Waals surface area contributed by atoms with Gasteiger partial charge in [0.05, 0.1) is 20.6 Å². The maximum atomic E-state index is 11.6. The second-order valence-corrected chi connectivity index (χ2v) is 5.35. The lowest BCUT2D eigenvalue weighted by Gasteiger charge is -2.04. The van der Waals surface area contributed by atoms with Crippen LogP contribution >= 0.6 is 22.6 Å². The monoisotopic (exact) mass is 380 g/mol. The van der Waals surface area contributed by atoms with Crippen molar-refractivity contribution in [2.24, 2.45) is 0 Å². The molecule has 108 valence electrons. The van der Waals surface area contributed by atoms with E-state index in [1.807, 2.05) is 6.08 Å². The number of carbonyl (C=O) groups excluding carboxylic acids is 2. The van der Waals surface area contributed by atoms with Gasteiger partial charge in [0.2, 0.25) is 0 Å². The predicted octanol–water partition coefficient (Wildman–Crippen LogP) is 3.55. The number of methoxy groups -OCH3 is 2. The minimum atomic E-state index is -0.403. The number of esters is 2. The molecule has 0 rings (SSSR count). The highest BCUT2D eigenvalue weighted by Crippen LogP contribution is 2.18.